The molecule has 34 heavy (non-hydrogen) atoms. The molecule has 2 amide bonds. The first-order valence-electron chi connectivity index (χ1n) is 10.8. The molecule has 3 aromatic rings. The fraction of sp³-hybridized carbons (Fsp3) is 0.192. The Hall–Kier alpha value is -4.20. The number of fused-ring (bicyclic) bond motifs is 3. The van der Waals surface area contributed by atoms with Crippen molar-refractivity contribution in [2.75, 3.05) is 11.9 Å². The summed E-state index contributed by atoms with van der Waals surface area (Å²) in [6.07, 6.45) is -0.668. The fourth-order valence-corrected chi connectivity index (χ4v) is 4.13. The SMILES string of the molecule is CC[C@H](NC(=O)c1cc(F)ccc1NC(=O)OCC1c2ccccc2-c2ccccc21)C(=O)O. The van der Waals surface area contributed by atoms with Gasteiger partial charge in [0.25, 0.3) is 5.91 Å². The van der Waals surface area contributed by atoms with E-state index in [0.29, 0.717) is 0 Å². The van der Waals surface area contributed by atoms with E-state index in [0.717, 1.165) is 34.4 Å². The number of nitrogens with one attached hydrogen (secondary N) is 2. The zero-order valence-electron chi connectivity index (χ0n) is 18.4. The normalized spacial score (nSPS) is 12.9. The molecule has 8 heteroatoms. The van der Waals surface area contributed by atoms with Gasteiger partial charge in [0, 0.05) is 5.92 Å². The van der Waals surface area contributed by atoms with Gasteiger partial charge in [-0.3, -0.25) is 10.1 Å². The van der Waals surface area contributed by atoms with Gasteiger partial charge in [-0.2, -0.15) is 0 Å². The second kappa shape index (κ2) is 9.74. The molecular formula is C26H23FN2O5. The number of ether oxygens (including phenoxy) is 1. The molecule has 0 saturated heterocycles. The minimum Gasteiger partial charge on any atom is -0.480 e. The molecule has 4 rings (SSSR count). The van der Waals surface area contributed by atoms with Crippen LogP contribution in [0.5, 0.6) is 0 Å². The van der Waals surface area contributed by atoms with Crippen LogP contribution in [-0.2, 0) is 9.53 Å². The molecule has 3 N–H and O–H groups in total. The van der Waals surface area contributed by atoms with Gasteiger partial charge in [-0.15, -0.1) is 0 Å². The van der Waals surface area contributed by atoms with Gasteiger partial charge >= 0.3 is 12.1 Å². The fourth-order valence-electron chi connectivity index (χ4n) is 4.13. The summed E-state index contributed by atoms with van der Waals surface area (Å²) >= 11 is 0. The van der Waals surface area contributed by atoms with Gasteiger partial charge in [0.2, 0.25) is 0 Å². The van der Waals surface area contributed by atoms with E-state index in [9.17, 15) is 23.9 Å². The molecule has 1 aliphatic rings. The highest BCUT2D eigenvalue weighted by Crippen LogP contribution is 2.44. The first kappa shape index (κ1) is 23.0. The van der Waals surface area contributed by atoms with Crippen LogP contribution in [0.1, 0.15) is 40.7 Å². The minimum absolute atomic E-state index is 0.0105. The van der Waals surface area contributed by atoms with E-state index < -0.39 is 29.8 Å². The molecule has 1 atom stereocenters. The van der Waals surface area contributed by atoms with Gasteiger partial charge in [-0.1, -0.05) is 55.5 Å². The highest BCUT2D eigenvalue weighted by atomic mass is 19.1. The average Bonchev–Trinajstić information content (AvgIpc) is 3.15. The topological polar surface area (TPSA) is 105 Å². The summed E-state index contributed by atoms with van der Waals surface area (Å²) in [6, 6.07) is 17.9. The van der Waals surface area contributed by atoms with Crippen LogP contribution in [0.25, 0.3) is 11.1 Å². The second-order valence-electron chi connectivity index (χ2n) is 7.91. The van der Waals surface area contributed by atoms with Gasteiger partial charge < -0.3 is 15.2 Å². The van der Waals surface area contributed by atoms with Crippen molar-refractivity contribution in [3.63, 3.8) is 0 Å². The third-order valence-electron chi connectivity index (χ3n) is 5.82. The van der Waals surface area contributed by atoms with E-state index in [-0.39, 0.29) is 30.2 Å². The number of hydrogen-bond acceptors (Lipinski definition) is 4. The predicted octanol–water partition coefficient (Wildman–Crippen LogP) is 4.78. The largest absolute Gasteiger partial charge is 0.480 e. The van der Waals surface area contributed by atoms with E-state index in [1.165, 1.54) is 6.07 Å². The number of carboxylic acid groups (broad SMARTS) is 1. The Labute approximate surface area is 195 Å². The molecule has 0 saturated carbocycles. The molecule has 0 bridgehead atoms. The van der Waals surface area contributed by atoms with Gasteiger partial charge in [0.05, 0.1) is 11.3 Å². The van der Waals surface area contributed by atoms with E-state index in [2.05, 4.69) is 10.6 Å². The number of carbonyl (C=O) groups excluding carboxylic acids is 2. The van der Waals surface area contributed by atoms with E-state index in [1.54, 1.807) is 6.92 Å². The third-order valence-corrected chi connectivity index (χ3v) is 5.82. The molecule has 3 aromatic carbocycles. The summed E-state index contributed by atoms with van der Waals surface area (Å²) in [5.41, 5.74) is 4.10. The van der Waals surface area contributed by atoms with Crippen LogP contribution < -0.4 is 10.6 Å². The summed E-state index contributed by atoms with van der Waals surface area (Å²) in [6.45, 7) is 1.67. The van der Waals surface area contributed by atoms with E-state index in [1.807, 2.05) is 48.5 Å². The molecule has 174 valence electrons. The second-order valence-corrected chi connectivity index (χ2v) is 7.91. The molecule has 0 aliphatic heterocycles. The highest BCUT2D eigenvalue weighted by Gasteiger charge is 2.29. The summed E-state index contributed by atoms with van der Waals surface area (Å²) in [7, 11) is 0. The van der Waals surface area contributed by atoms with Gasteiger partial charge in [0.1, 0.15) is 18.5 Å². The monoisotopic (exact) mass is 462 g/mol. The smallest absolute Gasteiger partial charge is 0.411 e. The minimum atomic E-state index is -1.21. The maximum absolute atomic E-state index is 13.8. The predicted molar refractivity (Wildman–Crippen MR) is 124 cm³/mol. The molecule has 1 aliphatic carbocycles. The molecule has 0 unspecified atom stereocenters. The van der Waals surface area contributed by atoms with Crippen molar-refractivity contribution < 1.29 is 28.6 Å². The summed E-state index contributed by atoms with van der Waals surface area (Å²) in [5.74, 6) is -2.87. The Morgan fingerprint density at radius 1 is 1.00 bits per heavy atom. The van der Waals surface area contributed by atoms with E-state index in [4.69, 9.17) is 4.74 Å². The molecule has 0 spiro atoms. The number of rotatable bonds is 7. The van der Waals surface area contributed by atoms with Crippen molar-refractivity contribution in [1.29, 1.82) is 0 Å². The number of benzene rings is 3. The van der Waals surface area contributed by atoms with Crippen molar-refractivity contribution in [3.8, 4) is 11.1 Å². The van der Waals surface area contributed by atoms with Crippen molar-refractivity contribution in [3.05, 3.63) is 89.2 Å². The zero-order valence-corrected chi connectivity index (χ0v) is 18.4. The maximum Gasteiger partial charge on any atom is 0.411 e. The molecule has 0 radical (unpaired) electrons. The Morgan fingerprint density at radius 2 is 1.62 bits per heavy atom. The molecule has 0 heterocycles. The number of hydrogen-bond donors (Lipinski definition) is 3. The number of amides is 2. The van der Waals surface area contributed by atoms with Gasteiger partial charge in [-0.05, 0) is 46.9 Å². The Balaban J connectivity index is 1.48. The lowest BCUT2D eigenvalue weighted by molar-refractivity contribution is -0.139. The number of carboxylic acids is 1. The van der Waals surface area contributed by atoms with Crippen molar-refractivity contribution in [1.82, 2.24) is 5.32 Å². The average molecular weight is 462 g/mol. The van der Waals surface area contributed by atoms with Crippen LogP contribution in [0.3, 0.4) is 0 Å². The molecule has 0 aromatic heterocycles. The summed E-state index contributed by atoms with van der Waals surface area (Å²) in [5, 5.41) is 14.0. The lowest BCUT2D eigenvalue weighted by atomic mass is 9.98. The van der Waals surface area contributed by atoms with Crippen molar-refractivity contribution >= 4 is 23.7 Å². The number of carbonyl (C=O) groups is 3. The van der Waals surface area contributed by atoms with Crippen LogP contribution in [0.15, 0.2) is 66.7 Å². The van der Waals surface area contributed by atoms with Crippen LogP contribution in [-0.4, -0.2) is 35.7 Å². The summed E-state index contributed by atoms with van der Waals surface area (Å²) < 4.78 is 19.3. The molecular weight excluding hydrogens is 439 g/mol. The van der Waals surface area contributed by atoms with Crippen molar-refractivity contribution in [2.45, 2.75) is 25.3 Å². The quantitative estimate of drug-likeness (QED) is 0.469. The van der Waals surface area contributed by atoms with Gasteiger partial charge in [0.15, 0.2) is 0 Å². The van der Waals surface area contributed by atoms with E-state index >= 15 is 0 Å². The van der Waals surface area contributed by atoms with Crippen LogP contribution in [0, 0.1) is 5.82 Å². The lowest BCUT2D eigenvalue weighted by Gasteiger charge is -2.17. The zero-order chi connectivity index (χ0) is 24.2. The third kappa shape index (κ3) is 4.61. The molecule has 0 fully saturated rings. The Morgan fingerprint density at radius 3 is 2.21 bits per heavy atom. The van der Waals surface area contributed by atoms with Crippen LogP contribution >= 0.6 is 0 Å². The molecule has 7 nitrogen and oxygen atoms in total. The van der Waals surface area contributed by atoms with Gasteiger partial charge in [-0.25, -0.2) is 14.0 Å². The van der Waals surface area contributed by atoms with Crippen molar-refractivity contribution in [2.24, 2.45) is 0 Å². The first-order valence-corrected chi connectivity index (χ1v) is 10.8. The Bertz CT molecular complexity index is 1210. The highest BCUT2D eigenvalue weighted by molar-refractivity contribution is 6.03. The summed E-state index contributed by atoms with van der Waals surface area (Å²) in [4.78, 5) is 36.4. The maximum atomic E-state index is 13.8. The number of halogens is 1. The Kier molecular flexibility index (Phi) is 6.58. The lowest BCUT2D eigenvalue weighted by Crippen LogP contribution is -2.40. The van der Waals surface area contributed by atoms with Crippen LogP contribution in [0.2, 0.25) is 0 Å². The standard InChI is InChI=1S/C26H23FN2O5/c1-2-22(25(31)32)28-24(30)20-13-15(27)11-12-23(20)29-26(33)34-14-21-18-9-5-3-7-16(18)17-8-4-6-10-19(17)21/h3-13,21-22H,2,14H2,1H3,(H,28,30)(H,29,33)(H,31,32)/t22-/m0/s1. The van der Waals surface area contributed by atoms with Crippen LogP contribution in [0.4, 0.5) is 14.9 Å². The first-order chi connectivity index (χ1) is 16.4. The number of aliphatic carboxylic acids is 1. The number of anilines is 1.